The summed E-state index contributed by atoms with van der Waals surface area (Å²) in [6.45, 7) is 4.32. The summed E-state index contributed by atoms with van der Waals surface area (Å²) in [6, 6.07) is 0. The van der Waals surface area contributed by atoms with E-state index in [9.17, 15) is 0 Å². The molecule has 0 radical (unpaired) electrons. The van der Waals surface area contributed by atoms with Crippen LogP contribution in [0.25, 0.3) is 0 Å². The number of rotatable bonds is 0. The average Bonchev–Trinajstić information content (AvgIpc) is 1.69. The van der Waals surface area contributed by atoms with Crippen LogP contribution in [0.3, 0.4) is 0 Å². The fraction of sp³-hybridized carbons (Fsp3) is 1.00. The Bertz CT molecular complexity index is 60.5. The maximum atomic E-state index is 4.15. The van der Waals surface area contributed by atoms with Gasteiger partial charge in [-0.1, -0.05) is 12.8 Å². The van der Waals surface area contributed by atoms with Crippen molar-refractivity contribution in [3.05, 3.63) is 0 Å². The van der Waals surface area contributed by atoms with Crippen LogP contribution in [-0.2, 0) is 0 Å². The molecule has 1 fully saturated rings. The van der Waals surface area contributed by atoms with Gasteiger partial charge in [-0.2, -0.15) is 0 Å². The molecule has 1 aliphatic rings. The van der Waals surface area contributed by atoms with Crippen LogP contribution in [0.2, 0.25) is 0 Å². The maximum absolute atomic E-state index is 4.15. The first-order valence-corrected chi connectivity index (χ1v) is 2.94. The summed E-state index contributed by atoms with van der Waals surface area (Å²) in [4.78, 5) is 0. The first-order valence-electron chi connectivity index (χ1n) is 2.54. The van der Waals surface area contributed by atoms with Crippen molar-refractivity contribution >= 4 is 12.8 Å². The molecule has 1 N–H and O–H groups in total. The number of nitrogens with one attached hydrogen (secondary N) is 1. The molecule has 1 aliphatic heterocycles. The molecular weight excluding hydrogens is 131 g/mol. The second-order valence-corrected chi connectivity index (χ2v) is 2.27. The molecule has 0 bridgehead atoms. The summed E-state index contributed by atoms with van der Waals surface area (Å²) < 4.78 is 2.02. The van der Waals surface area contributed by atoms with E-state index in [0.717, 1.165) is 26.2 Å². The third-order valence-corrected chi connectivity index (χ3v) is 1.49. The molecule has 2 nitrogen and oxygen atoms in total. The van der Waals surface area contributed by atoms with E-state index >= 15 is 0 Å². The van der Waals surface area contributed by atoms with Crippen LogP contribution in [0.15, 0.2) is 0 Å². The zero-order chi connectivity index (χ0) is 5.11. The van der Waals surface area contributed by atoms with E-state index in [2.05, 4.69) is 18.1 Å². The van der Waals surface area contributed by atoms with Crippen LogP contribution in [-0.4, -0.2) is 30.5 Å². The molecule has 1 saturated heterocycles. The Hall–Kier alpha value is 1.27. The van der Waals surface area contributed by atoms with Crippen molar-refractivity contribution in [3.8, 4) is 0 Å². The Morgan fingerprint density at radius 3 is 2.12 bits per heavy atom. The van der Waals surface area contributed by atoms with E-state index in [1.165, 1.54) is 0 Å². The number of hydrogen-bond acceptors (Lipinski definition) is 3. The molecule has 0 spiro atoms. The van der Waals surface area contributed by atoms with Gasteiger partial charge in [0.25, 0.3) is 0 Å². The minimum atomic E-state index is 0. The predicted molar refractivity (Wildman–Crippen MR) is 34.5 cm³/mol. The van der Waals surface area contributed by atoms with Gasteiger partial charge in [0.05, 0.1) is 0 Å². The van der Waals surface area contributed by atoms with Gasteiger partial charge in [0, 0.05) is 26.2 Å². The Kier molecular flexibility index (Phi) is 5.89. The van der Waals surface area contributed by atoms with Crippen molar-refractivity contribution < 1.29 is 31.0 Å². The van der Waals surface area contributed by atoms with Crippen molar-refractivity contribution in [1.82, 2.24) is 9.62 Å². The number of thiol groups is 1. The molecule has 0 atom stereocenters. The Labute approximate surface area is 79.3 Å². The summed E-state index contributed by atoms with van der Waals surface area (Å²) in [6.07, 6.45) is 0. The van der Waals surface area contributed by atoms with E-state index in [4.69, 9.17) is 0 Å². The van der Waals surface area contributed by atoms with Crippen LogP contribution in [0.1, 0.15) is 1.43 Å². The van der Waals surface area contributed by atoms with E-state index in [0.29, 0.717) is 0 Å². The number of piperazine rings is 1. The van der Waals surface area contributed by atoms with E-state index in [1.54, 1.807) is 0 Å². The average molecular weight is 142 g/mol. The minimum absolute atomic E-state index is 0. The number of hydrogen-bond donors (Lipinski definition) is 2. The molecule has 0 aliphatic carbocycles. The van der Waals surface area contributed by atoms with Gasteiger partial charge in [-0.3, -0.25) is 4.31 Å². The van der Waals surface area contributed by atoms with Crippen molar-refractivity contribution in [2.75, 3.05) is 26.2 Å². The molecule has 44 valence electrons. The van der Waals surface area contributed by atoms with Crippen LogP contribution in [0, 0.1) is 0 Å². The summed E-state index contributed by atoms with van der Waals surface area (Å²) in [7, 11) is 0. The van der Waals surface area contributed by atoms with E-state index < -0.39 is 0 Å². The molecule has 0 unspecified atom stereocenters. The molecule has 8 heavy (non-hydrogen) atoms. The zero-order valence-electron chi connectivity index (χ0n) is 6.22. The summed E-state index contributed by atoms with van der Waals surface area (Å²) in [5.74, 6) is 0. The van der Waals surface area contributed by atoms with Gasteiger partial charge in [-0.05, 0) is 0 Å². The third kappa shape index (κ3) is 3.33. The maximum Gasteiger partial charge on any atom is 1.00 e. The van der Waals surface area contributed by atoms with E-state index in [-0.39, 0.29) is 31.0 Å². The van der Waals surface area contributed by atoms with E-state index in [1.807, 2.05) is 4.31 Å². The topological polar surface area (TPSA) is 15.3 Å². The van der Waals surface area contributed by atoms with Crippen LogP contribution in [0.5, 0.6) is 0 Å². The van der Waals surface area contributed by atoms with Crippen LogP contribution >= 0.6 is 12.8 Å². The standard InChI is InChI=1S/C4H10N2S.Na.H/c7-6-3-1-5-2-4-6;;/h5,7H,1-4H2;;/q;+1;-1. The predicted octanol–water partition coefficient (Wildman–Crippen LogP) is -3.15. The van der Waals surface area contributed by atoms with Crippen LogP contribution in [0.4, 0.5) is 0 Å². The van der Waals surface area contributed by atoms with Crippen molar-refractivity contribution in [2.24, 2.45) is 0 Å². The summed E-state index contributed by atoms with van der Waals surface area (Å²) in [5.41, 5.74) is 0. The molecule has 0 saturated carbocycles. The summed E-state index contributed by atoms with van der Waals surface area (Å²) in [5, 5.41) is 3.22. The van der Waals surface area contributed by atoms with Crippen molar-refractivity contribution in [3.63, 3.8) is 0 Å². The monoisotopic (exact) mass is 142 g/mol. The van der Waals surface area contributed by atoms with Gasteiger partial charge in [0.1, 0.15) is 0 Å². The van der Waals surface area contributed by atoms with Gasteiger partial charge >= 0.3 is 29.6 Å². The molecule has 1 heterocycles. The molecule has 0 aromatic heterocycles. The molecule has 0 aromatic rings. The van der Waals surface area contributed by atoms with Crippen molar-refractivity contribution in [1.29, 1.82) is 0 Å². The van der Waals surface area contributed by atoms with Crippen LogP contribution < -0.4 is 34.9 Å². The van der Waals surface area contributed by atoms with Gasteiger partial charge in [0.2, 0.25) is 0 Å². The first-order chi connectivity index (χ1) is 3.39. The molecule has 1 rings (SSSR count). The normalized spacial score (nSPS) is 22.1. The second-order valence-electron chi connectivity index (χ2n) is 1.70. The number of nitrogens with zero attached hydrogens (tertiary/aromatic N) is 1. The Morgan fingerprint density at radius 2 is 1.88 bits per heavy atom. The molecular formula is C4H11N2NaS. The fourth-order valence-electron chi connectivity index (χ4n) is 0.653. The quantitative estimate of drug-likeness (QED) is 0.274. The molecule has 0 aromatic carbocycles. The Balaban J connectivity index is 0. The van der Waals surface area contributed by atoms with Gasteiger partial charge in [-0.25, -0.2) is 0 Å². The van der Waals surface area contributed by atoms with Gasteiger partial charge in [-0.15, -0.1) is 0 Å². The summed E-state index contributed by atoms with van der Waals surface area (Å²) >= 11 is 4.15. The largest absolute Gasteiger partial charge is 1.00 e. The molecule has 0 amide bonds. The fourth-order valence-corrected chi connectivity index (χ4v) is 0.853. The zero-order valence-corrected chi connectivity index (χ0v) is 8.12. The van der Waals surface area contributed by atoms with Gasteiger partial charge < -0.3 is 6.74 Å². The van der Waals surface area contributed by atoms with Crippen molar-refractivity contribution in [2.45, 2.75) is 0 Å². The minimum Gasteiger partial charge on any atom is -1.00 e. The first kappa shape index (κ1) is 9.27. The third-order valence-electron chi connectivity index (χ3n) is 1.09. The molecule has 4 heteroatoms. The van der Waals surface area contributed by atoms with Gasteiger partial charge in [0.15, 0.2) is 0 Å². The SMILES string of the molecule is SN1CCNCC1.[H-].[Na+]. The Morgan fingerprint density at radius 1 is 1.38 bits per heavy atom. The smallest absolute Gasteiger partial charge is 1.00 e. The second kappa shape index (κ2) is 5.09.